The summed E-state index contributed by atoms with van der Waals surface area (Å²) < 4.78 is 21.6. The van der Waals surface area contributed by atoms with E-state index in [-0.39, 0.29) is 11.5 Å². The van der Waals surface area contributed by atoms with Gasteiger partial charge in [-0.2, -0.15) is 5.10 Å². The SMILES string of the molecule is COc1cccc(F)c1-c1cc2c(cc1Cl)NC(=O)/C2=C(/C)Nc1cnn(C)c1. The third kappa shape index (κ3) is 3.34. The van der Waals surface area contributed by atoms with Crippen LogP contribution in [-0.2, 0) is 11.8 Å². The minimum absolute atomic E-state index is 0.249. The predicted octanol–water partition coefficient (Wildman–Crippen LogP) is 4.68. The number of benzene rings is 2. The molecule has 2 heterocycles. The Hall–Kier alpha value is -3.32. The summed E-state index contributed by atoms with van der Waals surface area (Å²) >= 11 is 6.43. The van der Waals surface area contributed by atoms with Gasteiger partial charge in [0.2, 0.25) is 0 Å². The summed E-state index contributed by atoms with van der Waals surface area (Å²) in [5, 5.41) is 10.4. The molecule has 8 heteroatoms. The van der Waals surface area contributed by atoms with Gasteiger partial charge in [0, 0.05) is 30.1 Å². The number of aromatic nitrogens is 2. The lowest BCUT2D eigenvalue weighted by molar-refractivity contribution is -0.110. The van der Waals surface area contributed by atoms with Gasteiger partial charge in [-0.3, -0.25) is 9.48 Å². The van der Waals surface area contributed by atoms with Crippen LogP contribution in [0.5, 0.6) is 5.75 Å². The van der Waals surface area contributed by atoms with Gasteiger partial charge < -0.3 is 15.4 Å². The molecule has 0 saturated carbocycles. The van der Waals surface area contributed by atoms with Crippen molar-refractivity contribution in [1.29, 1.82) is 0 Å². The van der Waals surface area contributed by atoms with Gasteiger partial charge in [-0.05, 0) is 31.2 Å². The minimum atomic E-state index is -0.459. The van der Waals surface area contributed by atoms with Crippen LogP contribution < -0.4 is 15.4 Å². The molecule has 6 nitrogen and oxygen atoms in total. The standard InChI is InChI=1S/C21H18ClFN4O2/c1-11(25-12-9-24-27(2)10-12)19-14-7-13(15(22)8-17(14)26-21(19)28)20-16(23)5-4-6-18(20)29-3/h4-10,25H,1-3H3,(H,26,28)/b19-11-. The van der Waals surface area contributed by atoms with Crippen molar-refractivity contribution in [3.05, 3.63) is 64.8 Å². The molecule has 1 amide bonds. The lowest BCUT2D eigenvalue weighted by Crippen LogP contribution is -2.08. The monoisotopic (exact) mass is 412 g/mol. The quantitative estimate of drug-likeness (QED) is 0.610. The molecule has 2 N–H and O–H groups in total. The normalized spacial score (nSPS) is 14.4. The number of rotatable bonds is 4. The number of halogens is 2. The number of nitrogens with one attached hydrogen (secondary N) is 2. The molecule has 0 bridgehead atoms. The van der Waals surface area contributed by atoms with Gasteiger partial charge in [0.15, 0.2) is 0 Å². The summed E-state index contributed by atoms with van der Waals surface area (Å²) in [6.45, 7) is 1.80. The molecule has 1 aromatic heterocycles. The van der Waals surface area contributed by atoms with Gasteiger partial charge >= 0.3 is 0 Å². The first-order valence-electron chi connectivity index (χ1n) is 8.83. The molecule has 29 heavy (non-hydrogen) atoms. The lowest BCUT2D eigenvalue weighted by Gasteiger charge is -2.13. The Kier molecular flexibility index (Phi) is 4.76. The van der Waals surface area contributed by atoms with E-state index < -0.39 is 5.82 Å². The van der Waals surface area contributed by atoms with Gasteiger partial charge in [0.1, 0.15) is 11.6 Å². The Morgan fingerprint density at radius 3 is 2.79 bits per heavy atom. The first-order chi connectivity index (χ1) is 13.9. The van der Waals surface area contributed by atoms with Crippen molar-refractivity contribution < 1.29 is 13.9 Å². The first-order valence-corrected chi connectivity index (χ1v) is 9.21. The first kappa shape index (κ1) is 19.0. The van der Waals surface area contributed by atoms with Crippen molar-refractivity contribution >= 4 is 34.5 Å². The lowest BCUT2D eigenvalue weighted by atomic mass is 9.97. The third-order valence-electron chi connectivity index (χ3n) is 4.73. The van der Waals surface area contributed by atoms with Crippen molar-refractivity contribution in [2.75, 3.05) is 17.7 Å². The van der Waals surface area contributed by atoms with Crippen LogP contribution in [0, 0.1) is 5.82 Å². The average molecular weight is 413 g/mol. The summed E-state index contributed by atoms with van der Waals surface area (Å²) in [5.41, 5.74) is 3.75. The predicted molar refractivity (Wildman–Crippen MR) is 111 cm³/mol. The van der Waals surface area contributed by atoms with E-state index in [0.29, 0.717) is 38.9 Å². The third-order valence-corrected chi connectivity index (χ3v) is 5.04. The van der Waals surface area contributed by atoms with Gasteiger partial charge in [-0.1, -0.05) is 17.7 Å². The Morgan fingerprint density at radius 2 is 2.10 bits per heavy atom. The number of nitrogens with zero attached hydrogens (tertiary/aromatic N) is 2. The molecule has 3 aromatic rings. The van der Waals surface area contributed by atoms with E-state index in [4.69, 9.17) is 16.3 Å². The summed E-state index contributed by atoms with van der Waals surface area (Å²) in [5.74, 6) is -0.360. The zero-order chi connectivity index (χ0) is 20.7. The van der Waals surface area contributed by atoms with Gasteiger partial charge in [0.25, 0.3) is 5.91 Å². The molecule has 0 spiro atoms. The van der Waals surface area contributed by atoms with Crippen LogP contribution in [-0.4, -0.2) is 22.8 Å². The summed E-state index contributed by atoms with van der Waals surface area (Å²) in [7, 11) is 3.28. The molecule has 1 aliphatic rings. The summed E-state index contributed by atoms with van der Waals surface area (Å²) in [6, 6.07) is 7.91. The number of hydrogen-bond donors (Lipinski definition) is 2. The van der Waals surface area contributed by atoms with Crippen molar-refractivity contribution in [1.82, 2.24) is 9.78 Å². The fourth-order valence-corrected chi connectivity index (χ4v) is 3.71. The molecule has 0 atom stereocenters. The van der Waals surface area contributed by atoms with E-state index in [1.165, 1.54) is 13.2 Å². The number of amides is 1. The van der Waals surface area contributed by atoms with Crippen LogP contribution in [0.3, 0.4) is 0 Å². The second kappa shape index (κ2) is 7.25. The molecule has 0 fully saturated rings. The van der Waals surface area contributed by atoms with Gasteiger partial charge in [-0.15, -0.1) is 0 Å². The molecular weight excluding hydrogens is 395 g/mol. The number of ether oxygens (including phenoxy) is 1. The average Bonchev–Trinajstić information content (AvgIpc) is 3.22. The zero-order valence-corrected chi connectivity index (χ0v) is 16.8. The second-order valence-electron chi connectivity index (χ2n) is 6.68. The Bertz CT molecular complexity index is 1170. The Balaban J connectivity index is 1.86. The maximum Gasteiger partial charge on any atom is 0.258 e. The van der Waals surface area contributed by atoms with Crippen molar-refractivity contribution in [2.24, 2.45) is 7.05 Å². The number of allylic oxidation sites excluding steroid dienone is 1. The second-order valence-corrected chi connectivity index (χ2v) is 7.08. The molecule has 4 rings (SSSR count). The topological polar surface area (TPSA) is 68.2 Å². The van der Waals surface area contributed by atoms with E-state index in [0.717, 1.165) is 5.69 Å². The van der Waals surface area contributed by atoms with E-state index in [1.807, 2.05) is 0 Å². The molecule has 0 saturated heterocycles. The van der Waals surface area contributed by atoms with Crippen LogP contribution in [0.1, 0.15) is 12.5 Å². The fraction of sp³-hybridized carbons (Fsp3) is 0.143. The van der Waals surface area contributed by atoms with Crippen LogP contribution in [0.25, 0.3) is 16.7 Å². The highest BCUT2D eigenvalue weighted by molar-refractivity contribution is 6.37. The van der Waals surface area contributed by atoms with Crippen LogP contribution in [0.4, 0.5) is 15.8 Å². The number of hydrogen-bond acceptors (Lipinski definition) is 4. The molecule has 0 radical (unpaired) electrons. The zero-order valence-electron chi connectivity index (χ0n) is 16.0. The molecule has 148 valence electrons. The van der Waals surface area contributed by atoms with E-state index in [2.05, 4.69) is 15.7 Å². The summed E-state index contributed by atoms with van der Waals surface area (Å²) in [6.07, 6.45) is 3.46. The largest absolute Gasteiger partial charge is 0.496 e. The van der Waals surface area contributed by atoms with Gasteiger partial charge in [-0.25, -0.2) is 4.39 Å². The fourth-order valence-electron chi connectivity index (χ4n) is 3.46. The van der Waals surface area contributed by atoms with Gasteiger partial charge in [0.05, 0.1) is 40.8 Å². The number of aryl methyl sites for hydroxylation is 1. The molecule has 0 aliphatic carbocycles. The Morgan fingerprint density at radius 1 is 1.31 bits per heavy atom. The highest BCUT2D eigenvalue weighted by Gasteiger charge is 2.29. The summed E-state index contributed by atoms with van der Waals surface area (Å²) in [4.78, 5) is 12.6. The number of carbonyl (C=O) groups is 1. The minimum Gasteiger partial charge on any atom is -0.496 e. The van der Waals surface area contributed by atoms with Crippen LogP contribution in [0.2, 0.25) is 5.02 Å². The van der Waals surface area contributed by atoms with E-state index in [1.54, 1.807) is 55.3 Å². The van der Waals surface area contributed by atoms with Crippen LogP contribution in [0.15, 0.2) is 48.4 Å². The molecular formula is C21H18ClFN4O2. The van der Waals surface area contributed by atoms with Crippen molar-refractivity contribution in [3.63, 3.8) is 0 Å². The van der Waals surface area contributed by atoms with E-state index in [9.17, 15) is 9.18 Å². The molecule has 0 unspecified atom stereocenters. The smallest absolute Gasteiger partial charge is 0.258 e. The highest BCUT2D eigenvalue weighted by Crippen LogP contribution is 2.43. The molecule has 1 aliphatic heterocycles. The van der Waals surface area contributed by atoms with E-state index >= 15 is 0 Å². The molecule has 2 aromatic carbocycles. The van der Waals surface area contributed by atoms with Crippen LogP contribution >= 0.6 is 11.6 Å². The maximum absolute atomic E-state index is 14.6. The highest BCUT2D eigenvalue weighted by atomic mass is 35.5. The van der Waals surface area contributed by atoms with Crippen molar-refractivity contribution in [3.8, 4) is 16.9 Å². The maximum atomic E-state index is 14.6. The Labute approximate surface area is 171 Å². The number of fused-ring (bicyclic) bond motifs is 1. The number of methoxy groups -OCH3 is 1. The number of anilines is 2. The van der Waals surface area contributed by atoms with Crippen molar-refractivity contribution in [2.45, 2.75) is 6.92 Å². The number of carbonyl (C=O) groups excluding carboxylic acids is 1.